The summed E-state index contributed by atoms with van der Waals surface area (Å²) in [5, 5.41) is 3.59. The Labute approximate surface area is 98.3 Å². The second-order valence-corrected chi connectivity index (χ2v) is 5.46. The fraction of sp³-hybridized carbons (Fsp3) is 0.600. The van der Waals surface area contributed by atoms with Gasteiger partial charge in [-0.25, -0.2) is 0 Å². The van der Waals surface area contributed by atoms with E-state index in [2.05, 4.69) is 37.4 Å². The molecule has 0 amide bonds. The summed E-state index contributed by atoms with van der Waals surface area (Å²) >= 11 is 0. The molecule has 0 aromatic heterocycles. The van der Waals surface area contributed by atoms with Crippen molar-refractivity contribution in [3.63, 3.8) is 0 Å². The molecule has 1 saturated carbocycles. The van der Waals surface area contributed by atoms with E-state index in [0.717, 1.165) is 24.3 Å². The van der Waals surface area contributed by atoms with Gasteiger partial charge in [-0.05, 0) is 41.9 Å². The third-order valence-electron chi connectivity index (χ3n) is 4.37. The van der Waals surface area contributed by atoms with Crippen LogP contribution in [0.5, 0.6) is 0 Å². The average molecular weight is 215 g/mol. The Morgan fingerprint density at radius 2 is 2.19 bits per heavy atom. The predicted molar refractivity (Wildman–Crippen MR) is 69.1 cm³/mol. The van der Waals surface area contributed by atoms with Gasteiger partial charge < -0.3 is 5.32 Å². The number of hydrogen-bond donors (Lipinski definition) is 1. The smallest absolute Gasteiger partial charge is 0.0379 e. The Balaban J connectivity index is 2.01. The van der Waals surface area contributed by atoms with Gasteiger partial charge in [0.25, 0.3) is 0 Å². The van der Waals surface area contributed by atoms with Gasteiger partial charge in [-0.15, -0.1) is 0 Å². The van der Waals surface area contributed by atoms with Crippen LogP contribution in [0.1, 0.15) is 56.1 Å². The van der Waals surface area contributed by atoms with E-state index in [-0.39, 0.29) is 0 Å². The van der Waals surface area contributed by atoms with Crippen molar-refractivity contribution < 1.29 is 0 Å². The Bertz CT molecular complexity index is 392. The molecule has 1 aliphatic heterocycles. The highest BCUT2D eigenvalue weighted by atomic mass is 14.9. The maximum atomic E-state index is 3.59. The van der Waals surface area contributed by atoms with Crippen molar-refractivity contribution >= 4 is 5.69 Å². The monoisotopic (exact) mass is 215 g/mol. The third kappa shape index (κ3) is 1.53. The standard InChI is InChI=1S/C15H21N/c1-3-10(2)13-9-16-14-6-4-5-12(15(13)14)11-7-8-11/h4-6,10-11,13,16H,3,7-9H2,1-2H3. The number of rotatable bonds is 3. The molecule has 1 N–H and O–H groups in total. The Morgan fingerprint density at radius 3 is 2.88 bits per heavy atom. The molecule has 0 saturated heterocycles. The molecule has 2 atom stereocenters. The number of fused-ring (bicyclic) bond motifs is 1. The van der Waals surface area contributed by atoms with E-state index in [1.807, 2.05) is 0 Å². The maximum Gasteiger partial charge on any atom is 0.0379 e. The Morgan fingerprint density at radius 1 is 1.38 bits per heavy atom. The van der Waals surface area contributed by atoms with E-state index in [9.17, 15) is 0 Å². The number of nitrogens with one attached hydrogen (secondary N) is 1. The summed E-state index contributed by atoms with van der Waals surface area (Å²) in [6, 6.07) is 6.83. The molecule has 2 unspecified atom stereocenters. The van der Waals surface area contributed by atoms with Gasteiger partial charge in [-0.2, -0.15) is 0 Å². The van der Waals surface area contributed by atoms with Crippen LogP contribution in [0.25, 0.3) is 0 Å². The van der Waals surface area contributed by atoms with Crippen LogP contribution in [0.3, 0.4) is 0 Å². The SMILES string of the molecule is CCC(C)C1CNc2cccc(C3CC3)c21. The zero-order chi connectivity index (χ0) is 11.1. The van der Waals surface area contributed by atoms with Crippen LogP contribution in [0.4, 0.5) is 5.69 Å². The van der Waals surface area contributed by atoms with Crippen molar-refractivity contribution in [1.82, 2.24) is 0 Å². The molecule has 16 heavy (non-hydrogen) atoms. The fourth-order valence-electron chi connectivity index (χ4n) is 2.99. The Kier molecular flexibility index (Phi) is 2.42. The van der Waals surface area contributed by atoms with Gasteiger partial charge in [0.2, 0.25) is 0 Å². The van der Waals surface area contributed by atoms with E-state index in [1.54, 1.807) is 11.1 Å². The quantitative estimate of drug-likeness (QED) is 0.799. The van der Waals surface area contributed by atoms with E-state index >= 15 is 0 Å². The van der Waals surface area contributed by atoms with E-state index < -0.39 is 0 Å². The van der Waals surface area contributed by atoms with Crippen molar-refractivity contribution in [1.29, 1.82) is 0 Å². The lowest BCUT2D eigenvalue weighted by molar-refractivity contribution is 0.470. The van der Waals surface area contributed by atoms with E-state index in [1.165, 1.54) is 24.9 Å². The van der Waals surface area contributed by atoms with Crippen LogP contribution >= 0.6 is 0 Å². The molecular weight excluding hydrogens is 194 g/mol. The number of benzene rings is 1. The molecule has 2 aliphatic rings. The van der Waals surface area contributed by atoms with E-state index in [0.29, 0.717) is 0 Å². The summed E-state index contributed by atoms with van der Waals surface area (Å²) in [6.45, 7) is 5.85. The van der Waals surface area contributed by atoms with Gasteiger partial charge >= 0.3 is 0 Å². The molecule has 1 heteroatoms. The van der Waals surface area contributed by atoms with Crippen molar-refractivity contribution in [2.45, 2.75) is 44.9 Å². The average Bonchev–Trinajstić information content (AvgIpc) is 3.07. The van der Waals surface area contributed by atoms with Crippen LogP contribution in [0, 0.1) is 5.92 Å². The van der Waals surface area contributed by atoms with Crippen LogP contribution < -0.4 is 5.32 Å². The van der Waals surface area contributed by atoms with Crippen LogP contribution in [-0.4, -0.2) is 6.54 Å². The first-order valence-corrected chi connectivity index (χ1v) is 6.68. The van der Waals surface area contributed by atoms with Gasteiger partial charge in [-0.3, -0.25) is 0 Å². The minimum Gasteiger partial charge on any atom is -0.384 e. The molecule has 0 bridgehead atoms. The topological polar surface area (TPSA) is 12.0 Å². The Hall–Kier alpha value is -0.980. The lowest BCUT2D eigenvalue weighted by Crippen LogP contribution is -2.12. The van der Waals surface area contributed by atoms with Gasteiger partial charge in [0.1, 0.15) is 0 Å². The van der Waals surface area contributed by atoms with Gasteiger partial charge in [-0.1, -0.05) is 32.4 Å². The lowest BCUT2D eigenvalue weighted by atomic mass is 9.84. The molecule has 0 radical (unpaired) electrons. The molecule has 3 rings (SSSR count). The summed E-state index contributed by atoms with van der Waals surface area (Å²) in [5.74, 6) is 2.42. The summed E-state index contributed by atoms with van der Waals surface area (Å²) in [7, 11) is 0. The zero-order valence-corrected chi connectivity index (χ0v) is 10.3. The van der Waals surface area contributed by atoms with Crippen molar-refractivity contribution in [2.75, 3.05) is 11.9 Å². The largest absolute Gasteiger partial charge is 0.384 e. The molecular formula is C15H21N. The van der Waals surface area contributed by atoms with E-state index in [4.69, 9.17) is 0 Å². The minimum absolute atomic E-state index is 0.747. The lowest BCUT2D eigenvalue weighted by Gasteiger charge is -2.20. The maximum absolute atomic E-state index is 3.59. The molecule has 1 heterocycles. The predicted octanol–water partition coefficient (Wildman–Crippen LogP) is 4.12. The summed E-state index contributed by atoms with van der Waals surface area (Å²) in [4.78, 5) is 0. The van der Waals surface area contributed by atoms with Gasteiger partial charge in [0.15, 0.2) is 0 Å². The van der Waals surface area contributed by atoms with Crippen LogP contribution in [0.2, 0.25) is 0 Å². The normalized spacial score (nSPS) is 25.0. The number of hydrogen-bond acceptors (Lipinski definition) is 1. The third-order valence-corrected chi connectivity index (χ3v) is 4.37. The molecule has 1 aliphatic carbocycles. The molecule has 1 aromatic rings. The van der Waals surface area contributed by atoms with Crippen molar-refractivity contribution in [2.24, 2.45) is 5.92 Å². The first-order valence-electron chi connectivity index (χ1n) is 6.68. The first kappa shape index (κ1) is 10.2. The molecule has 0 spiro atoms. The van der Waals surface area contributed by atoms with Crippen LogP contribution in [0.15, 0.2) is 18.2 Å². The highest BCUT2D eigenvalue weighted by Crippen LogP contribution is 2.48. The minimum atomic E-state index is 0.747. The van der Waals surface area contributed by atoms with Crippen LogP contribution in [-0.2, 0) is 0 Å². The van der Waals surface area contributed by atoms with Crippen molar-refractivity contribution in [3.8, 4) is 0 Å². The second kappa shape index (κ2) is 3.80. The second-order valence-electron chi connectivity index (χ2n) is 5.46. The summed E-state index contributed by atoms with van der Waals surface area (Å²) < 4.78 is 0. The van der Waals surface area contributed by atoms with Gasteiger partial charge in [0.05, 0.1) is 0 Å². The highest BCUT2D eigenvalue weighted by Gasteiger charge is 2.34. The van der Waals surface area contributed by atoms with Crippen molar-refractivity contribution in [3.05, 3.63) is 29.3 Å². The summed E-state index contributed by atoms with van der Waals surface area (Å²) in [5.41, 5.74) is 4.71. The summed E-state index contributed by atoms with van der Waals surface area (Å²) in [6.07, 6.45) is 4.10. The number of anilines is 1. The molecule has 86 valence electrons. The first-order chi connectivity index (χ1) is 7.81. The molecule has 1 aromatic carbocycles. The fourth-order valence-corrected chi connectivity index (χ4v) is 2.99. The molecule has 1 nitrogen and oxygen atoms in total. The highest BCUT2D eigenvalue weighted by molar-refractivity contribution is 5.62. The van der Waals surface area contributed by atoms with Gasteiger partial charge in [0, 0.05) is 18.2 Å². The zero-order valence-electron chi connectivity index (χ0n) is 10.3. The molecule has 1 fully saturated rings.